The number of hydrogen-bond acceptors (Lipinski definition) is 5. The van der Waals surface area contributed by atoms with E-state index in [1.54, 1.807) is 0 Å². The molecule has 9 heteroatoms. The van der Waals surface area contributed by atoms with Gasteiger partial charge in [0.2, 0.25) is 0 Å². The van der Waals surface area contributed by atoms with E-state index in [-0.39, 0.29) is 36.2 Å². The first-order chi connectivity index (χ1) is 4.31. The molecule has 0 bridgehead atoms. The molecule has 0 atom stereocenters. The van der Waals surface area contributed by atoms with Gasteiger partial charge in [0, 0.05) is 0 Å². The Balaban J connectivity index is 0. The minimum absolute atomic E-state index is 0. The van der Waals surface area contributed by atoms with Gasteiger partial charge in [-0.25, -0.2) is 0 Å². The van der Waals surface area contributed by atoms with Gasteiger partial charge in [-0.05, 0) is 6.92 Å². The Bertz CT molecular complexity index is 287. The van der Waals surface area contributed by atoms with Crippen LogP contribution in [-0.4, -0.2) is 57.6 Å². The van der Waals surface area contributed by atoms with Gasteiger partial charge >= 0.3 is 47.9 Å². The van der Waals surface area contributed by atoms with Gasteiger partial charge in [-0.2, -0.15) is 16.8 Å². The summed E-state index contributed by atoms with van der Waals surface area (Å²) in [6.07, 6.45) is 0. The van der Waals surface area contributed by atoms with Crippen molar-refractivity contribution in [2.24, 2.45) is 0 Å². The molecule has 1 N–H and O–H groups in total. The van der Waals surface area contributed by atoms with E-state index in [4.69, 9.17) is 4.55 Å². The molecule has 0 saturated heterocycles. The fourth-order valence-electron chi connectivity index (χ4n) is 0.205. The second-order valence-electron chi connectivity index (χ2n) is 1.24. The summed E-state index contributed by atoms with van der Waals surface area (Å²) in [7, 11) is -9.93. The third kappa shape index (κ3) is 4.41. The van der Waals surface area contributed by atoms with E-state index in [9.17, 15) is 16.8 Å². The van der Waals surface area contributed by atoms with Crippen LogP contribution in [0.15, 0.2) is 0 Å². The summed E-state index contributed by atoms with van der Waals surface area (Å²) in [4.78, 5) is 0. The Morgan fingerprint density at radius 2 is 1.64 bits per heavy atom. The molecule has 0 heterocycles. The summed E-state index contributed by atoms with van der Waals surface area (Å²) in [6.45, 7) is 0.949. The average Bonchev–Trinajstić information content (AvgIpc) is 1.61. The minimum atomic E-state index is -5.11. The zero-order chi connectivity index (χ0) is 8.41. The van der Waals surface area contributed by atoms with Crippen LogP contribution in [0.5, 0.6) is 0 Å². The molecule has 0 aromatic heterocycles. The van der Waals surface area contributed by atoms with Gasteiger partial charge in [0.05, 0.1) is 6.61 Å². The van der Waals surface area contributed by atoms with Crippen molar-refractivity contribution in [1.82, 2.24) is 0 Å². The summed E-state index contributed by atoms with van der Waals surface area (Å²) in [5.74, 6) is 0. The van der Waals surface area contributed by atoms with Crippen LogP contribution in [0.4, 0.5) is 0 Å². The Morgan fingerprint density at radius 1 is 1.27 bits per heavy atom. The van der Waals surface area contributed by atoms with Crippen LogP contribution in [0.3, 0.4) is 0 Å². The molecule has 0 aliphatic heterocycles. The molecule has 0 spiro atoms. The fraction of sp³-hybridized carbons (Fsp3) is 1.00. The van der Waals surface area contributed by atoms with Crippen molar-refractivity contribution < 1.29 is 25.6 Å². The second-order valence-corrected chi connectivity index (χ2v) is 5.64. The van der Waals surface area contributed by atoms with Crippen LogP contribution in [0.2, 0.25) is 0 Å². The van der Waals surface area contributed by atoms with Crippen LogP contribution in [-0.2, 0) is 22.5 Å². The van der Waals surface area contributed by atoms with Crippen LogP contribution in [0, 0.1) is 0 Å². The Labute approximate surface area is 86.5 Å². The van der Waals surface area contributed by atoms with Crippen molar-refractivity contribution in [1.29, 1.82) is 0 Å². The van der Waals surface area contributed by atoms with Gasteiger partial charge in [0.15, 0.2) is 0 Å². The van der Waals surface area contributed by atoms with E-state index >= 15 is 0 Å². The van der Waals surface area contributed by atoms with Crippen molar-refractivity contribution in [3.05, 3.63) is 0 Å². The molecule has 0 saturated carbocycles. The normalized spacial score (nSPS) is 12.2. The van der Waals surface area contributed by atoms with Crippen molar-refractivity contribution in [3.8, 4) is 0 Å². The van der Waals surface area contributed by atoms with Crippen molar-refractivity contribution in [2.75, 3.05) is 6.61 Å². The van der Waals surface area contributed by atoms with Crippen LogP contribution < -0.4 is 0 Å². The van der Waals surface area contributed by atoms with Gasteiger partial charge < -0.3 is 0 Å². The van der Waals surface area contributed by atoms with E-state index in [2.05, 4.69) is 4.18 Å². The third-order valence-electron chi connectivity index (χ3n) is 0.520. The second kappa shape index (κ2) is 4.75. The maximum absolute atomic E-state index is 10.2. The fourth-order valence-corrected chi connectivity index (χ4v) is 1.27. The molecule has 6 nitrogen and oxygen atoms in total. The molecule has 0 aromatic rings. The topological polar surface area (TPSA) is 97.7 Å². The average molecular weight is 214 g/mol. The third-order valence-corrected chi connectivity index (χ3v) is 3.40. The molecule has 0 aliphatic rings. The van der Waals surface area contributed by atoms with Crippen LogP contribution in [0.1, 0.15) is 6.92 Å². The molecular formula is C2H7NaO6S2. The quantitative estimate of drug-likeness (QED) is 0.349. The van der Waals surface area contributed by atoms with Crippen molar-refractivity contribution >= 4 is 47.9 Å². The maximum atomic E-state index is 10.2. The summed E-state index contributed by atoms with van der Waals surface area (Å²) in [5.41, 5.74) is 0. The summed E-state index contributed by atoms with van der Waals surface area (Å²) in [5, 5.41) is 0. The zero-order valence-corrected chi connectivity index (χ0v) is 6.65. The SMILES string of the molecule is CCOS(=O)(=O)S(=O)(=O)O.[NaH]. The predicted molar refractivity (Wildman–Crippen MR) is 39.2 cm³/mol. The summed E-state index contributed by atoms with van der Waals surface area (Å²) < 4.78 is 51.8. The first-order valence-electron chi connectivity index (χ1n) is 2.18. The molecule has 11 heavy (non-hydrogen) atoms. The van der Waals surface area contributed by atoms with Crippen molar-refractivity contribution in [3.63, 3.8) is 0 Å². The Kier molecular flexibility index (Phi) is 6.20. The monoisotopic (exact) mass is 214 g/mol. The Hall–Kier alpha value is 0.820. The van der Waals surface area contributed by atoms with Gasteiger partial charge in [0.1, 0.15) is 0 Å². The van der Waals surface area contributed by atoms with Gasteiger partial charge in [-0.1, -0.05) is 0 Å². The summed E-state index contributed by atoms with van der Waals surface area (Å²) >= 11 is 0. The molecule has 0 fully saturated rings. The van der Waals surface area contributed by atoms with E-state index < -0.39 is 18.3 Å². The molecular weight excluding hydrogens is 207 g/mol. The standard InChI is InChI=1S/C2H6O6S2.Na.H/c1-2-8-10(6,7)9(3,4)5;;/h2H2,1H3,(H,3,4,5);;. The van der Waals surface area contributed by atoms with Gasteiger partial charge in [-0.3, -0.25) is 8.74 Å². The molecule has 64 valence electrons. The molecule has 0 radical (unpaired) electrons. The number of rotatable bonds is 3. The summed E-state index contributed by atoms with van der Waals surface area (Å²) in [6, 6.07) is 0. The van der Waals surface area contributed by atoms with Gasteiger partial charge in [-0.15, -0.1) is 0 Å². The zero-order valence-electron chi connectivity index (χ0n) is 5.01. The van der Waals surface area contributed by atoms with E-state index in [0.717, 1.165) is 0 Å². The van der Waals surface area contributed by atoms with Crippen LogP contribution >= 0.6 is 0 Å². The van der Waals surface area contributed by atoms with E-state index in [0.29, 0.717) is 0 Å². The molecule has 0 unspecified atom stereocenters. The molecule has 0 aromatic carbocycles. The van der Waals surface area contributed by atoms with E-state index in [1.807, 2.05) is 0 Å². The van der Waals surface area contributed by atoms with Gasteiger partial charge in [0.25, 0.3) is 0 Å². The first-order valence-corrected chi connectivity index (χ1v) is 5.54. The van der Waals surface area contributed by atoms with Crippen LogP contribution in [0.25, 0.3) is 0 Å². The predicted octanol–water partition coefficient (Wildman–Crippen LogP) is -1.49. The molecule has 0 rings (SSSR count). The number of hydrogen-bond donors (Lipinski definition) is 1. The molecule has 0 amide bonds. The first kappa shape index (κ1) is 14.3. The van der Waals surface area contributed by atoms with E-state index in [1.165, 1.54) is 6.92 Å². The Morgan fingerprint density at radius 3 is 1.73 bits per heavy atom. The van der Waals surface area contributed by atoms with Crippen molar-refractivity contribution in [2.45, 2.75) is 6.92 Å². The molecule has 0 aliphatic carbocycles.